The number of nitrogens with one attached hydrogen (secondary N) is 1. The molecule has 0 saturated carbocycles. The number of fused-ring (bicyclic) bond motifs is 1. The van der Waals surface area contributed by atoms with Crippen LogP contribution < -0.4 is 14.8 Å². The fourth-order valence-electron chi connectivity index (χ4n) is 3.15. The third kappa shape index (κ3) is 5.12. The van der Waals surface area contributed by atoms with Crippen LogP contribution >= 0.6 is 11.3 Å². The predicted molar refractivity (Wildman–Crippen MR) is 120 cm³/mol. The molecule has 1 atom stereocenters. The molecule has 4 rings (SSSR count). The van der Waals surface area contributed by atoms with Crippen LogP contribution in [-0.4, -0.2) is 36.2 Å². The number of carbonyl (C=O) groups is 2. The van der Waals surface area contributed by atoms with Gasteiger partial charge in [-0.1, -0.05) is 17.3 Å². The molecule has 2 aromatic heterocycles. The number of carbonyl (C=O) groups excluding carboxylic acids is 2. The third-order valence-corrected chi connectivity index (χ3v) is 5.75. The molecule has 9 nitrogen and oxygen atoms in total. The molecule has 2 aromatic carbocycles. The van der Waals surface area contributed by atoms with E-state index in [1.54, 1.807) is 42.7 Å². The molecular formula is C23H21N3O6S. The summed E-state index contributed by atoms with van der Waals surface area (Å²) in [7, 11) is 2.79. The van der Waals surface area contributed by atoms with E-state index in [0.29, 0.717) is 22.8 Å². The highest BCUT2D eigenvalue weighted by Crippen LogP contribution is 2.26. The van der Waals surface area contributed by atoms with Gasteiger partial charge in [-0.15, -0.1) is 11.3 Å². The van der Waals surface area contributed by atoms with Crippen LogP contribution in [0.4, 0.5) is 0 Å². The predicted octanol–water partition coefficient (Wildman–Crippen LogP) is 3.82. The van der Waals surface area contributed by atoms with Crippen molar-refractivity contribution in [3.05, 3.63) is 70.6 Å². The van der Waals surface area contributed by atoms with Gasteiger partial charge in [0.05, 0.1) is 29.4 Å². The quantitative estimate of drug-likeness (QED) is 0.389. The second-order valence-corrected chi connectivity index (χ2v) is 8.27. The molecule has 10 heteroatoms. The number of aryl methyl sites for hydroxylation is 1. The fraction of sp³-hybridized carbons (Fsp3) is 0.217. The summed E-state index contributed by atoms with van der Waals surface area (Å²) in [5.41, 5.74) is 1.41. The lowest BCUT2D eigenvalue weighted by Gasteiger charge is -2.16. The van der Waals surface area contributed by atoms with Crippen molar-refractivity contribution in [3.8, 4) is 11.5 Å². The van der Waals surface area contributed by atoms with Gasteiger partial charge in [-0.2, -0.15) is 0 Å². The number of rotatable bonds is 8. The van der Waals surface area contributed by atoms with Gasteiger partial charge < -0.3 is 24.1 Å². The van der Waals surface area contributed by atoms with Gasteiger partial charge in [0.25, 0.3) is 5.91 Å². The summed E-state index contributed by atoms with van der Waals surface area (Å²) in [4.78, 5) is 29.4. The zero-order valence-electron chi connectivity index (χ0n) is 18.2. The van der Waals surface area contributed by atoms with Crippen LogP contribution in [0.3, 0.4) is 0 Å². The average molecular weight is 468 g/mol. The van der Waals surface area contributed by atoms with Crippen LogP contribution in [-0.2, 0) is 16.1 Å². The fourth-order valence-corrected chi connectivity index (χ4v) is 3.96. The Balaban J connectivity index is 1.42. The van der Waals surface area contributed by atoms with Gasteiger partial charge in [-0.25, -0.2) is 9.78 Å². The van der Waals surface area contributed by atoms with E-state index in [4.69, 9.17) is 18.7 Å². The van der Waals surface area contributed by atoms with E-state index in [2.05, 4.69) is 15.5 Å². The van der Waals surface area contributed by atoms with Crippen molar-refractivity contribution in [2.75, 3.05) is 14.2 Å². The van der Waals surface area contributed by atoms with Gasteiger partial charge in [-0.3, -0.25) is 4.79 Å². The SMILES string of the molecule is COC(=O)[C@@H](NC(=O)c1cc(COc2ccc3sc(C)nc3c2)on1)c1ccc(OC)cc1. The molecule has 1 N–H and O–H groups in total. The first-order valence-corrected chi connectivity index (χ1v) is 10.8. The molecule has 1 amide bonds. The maximum atomic E-state index is 12.7. The summed E-state index contributed by atoms with van der Waals surface area (Å²) in [6.45, 7) is 2.03. The summed E-state index contributed by atoms with van der Waals surface area (Å²) in [6, 6.07) is 12.8. The van der Waals surface area contributed by atoms with Gasteiger partial charge in [-0.05, 0) is 36.8 Å². The van der Waals surface area contributed by atoms with Crippen LogP contribution in [0.25, 0.3) is 10.2 Å². The number of methoxy groups -OCH3 is 2. The number of aromatic nitrogens is 2. The van der Waals surface area contributed by atoms with Crippen LogP contribution in [0.5, 0.6) is 11.5 Å². The summed E-state index contributed by atoms with van der Waals surface area (Å²) in [6.07, 6.45) is 0. The molecular weight excluding hydrogens is 446 g/mol. The molecule has 0 aliphatic heterocycles. The Kier molecular flexibility index (Phi) is 6.55. The lowest BCUT2D eigenvalue weighted by molar-refractivity contribution is -0.143. The van der Waals surface area contributed by atoms with Crippen molar-refractivity contribution in [2.45, 2.75) is 19.6 Å². The Morgan fingerprint density at radius 1 is 1.09 bits per heavy atom. The van der Waals surface area contributed by atoms with E-state index >= 15 is 0 Å². The Hall–Kier alpha value is -3.92. The topological polar surface area (TPSA) is 113 Å². The summed E-state index contributed by atoms with van der Waals surface area (Å²) >= 11 is 1.61. The lowest BCUT2D eigenvalue weighted by atomic mass is 10.1. The van der Waals surface area contributed by atoms with Crippen molar-refractivity contribution in [1.82, 2.24) is 15.5 Å². The number of benzene rings is 2. The van der Waals surface area contributed by atoms with Crippen molar-refractivity contribution in [1.29, 1.82) is 0 Å². The Bertz CT molecular complexity index is 1280. The normalized spacial score (nSPS) is 11.7. The first-order chi connectivity index (χ1) is 16.0. The van der Waals surface area contributed by atoms with E-state index in [-0.39, 0.29) is 12.3 Å². The molecule has 0 spiro atoms. The van der Waals surface area contributed by atoms with E-state index in [0.717, 1.165) is 15.2 Å². The monoisotopic (exact) mass is 467 g/mol. The van der Waals surface area contributed by atoms with Crippen molar-refractivity contribution in [2.24, 2.45) is 0 Å². The molecule has 0 aliphatic rings. The van der Waals surface area contributed by atoms with E-state index < -0.39 is 17.9 Å². The van der Waals surface area contributed by atoms with Crippen LogP contribution in [0.15, 0.2) is 53.1 Å². The number of ether oxygens (including phenoxy) is 3. The zero-order valence-corrected chi connectivity index (χ0v) is 19.0. The van der Waals surface area contributed by atoms with Gasteiger partial charge in [0.1, 0.15) is 18.1 Å². The first-order valence-electron chi connectivity index (χ1n) is 9.95. The third-order valence-electron chi connectivity index (χ3n) is 4.80. The second-order valence-electron chi connectivity index (χ2n) is 7.03. The molecule has 2 heterocycles. The standard InChI is InChI=1S/C23H21N3O6S/c1-13-24-18-10-16(8-9-20(18)33-13)31-12-17-11-19(26-32-17)22(27)25-21(23(28)30-3)14-4-6-15(29-2)7-5-14/h4-11,21H,12H2,1-3H3,(H,25,27)/t21-/m0/s1. The molecule has 33 heavy (non-hydrogen) atoms. The summed E-state index contributed by atoms with van der Waals surface area (Å²) in [5.74, 6) is 0.400. The highest BCUT2D eigenvalue weighted by molar-refractivity contribution is 7.18. The maximum absolute atomic E-state index is 12.7. The molecule has 0 saturated heterocycles. The smallest absolute Gasteiger partial charge is 0.333 e. The minimum atomic E-state index is -1.02. The first kappa shape index (κ1) is 22.3. The largest absolute Gasteiger partial charge is 0.497 e. The van der Waals surface area contributed by atoms with Gasteiger partial charge in [0, 0.05) is 12.1 Å². The minimum absolute atomic E-state index is 0.0154. The van der Waals surface area contributed by atoms with Crippen molar-refractivity contribution < 1.29 is 28.3 Å². The zero-order chi connectivity index (χ0) is 23.4. The number of thiazole rings is 1. The summed E-state index contributed by atoms with van der Waals surface area (Å²) < 4.78 is 22.0. The van der Waals surface area contributed by atoms with Crippen LogP contribution in [0, 0.1) is 6.92 Å². The Morgan fingerprint density at radius 3 is 2.58 bits per heavy atom. The number of amides is 1. The van der Waals surface area contributed by atoms with Gasteiger partial charge in [0.2, 0.25) is 0 Å². The lowest BCUT2D eigenvalue weighted by Crippen LogP contribution is -2.34. The minimum Gasteiger partial charge on any atom is -0.497 e. The van der Waals surface area contributed by atoms with Crippen LogP contribution in [0.1, 0.15) is 32.9 Å². The van der Waals surface area contributed by atoms with Crippen molar-refractivity contribution in [3.63, 3.8) is 0 Å². The number of hydrogen-bond acceptors (Lipinski definition) is 9. The molecule has 0 unspecified atom stereocenters. The Labute approximate surface area is 193 Å². The highest BCUT2D eigenvalue weighted by Gasteiger charge is 2.25. The summed E-state index contributed by atoms with van der Waals surface area (Å²) in [5, 5.41) is 7.39. The van der Waals surface area contributed by atoms with Gasteiger partial charge in [0.15, 0.2) is 17.5 Å². The van der Waals surface area contributed by atoms with E-state index in [1.807, 2.05) is 25.1 Å². The number of esters is 1. The van der Waals surface area contributed by atoms with E-state index in [1.165, 1.54) is 13.2 Å². The maximum Gasteiger partial charge on any atom is 0.333 e. The molecule has 4 aromatic rings. The van der Waals surface area contributed by atoms with Crippen molar-refractivity contribution >= 4 is 33.4 Å². The highest BCUT2D eigenvalue weighted by atomic mass is 32.1. The van der Waals surface area contributed by atoms with E-state index in [9.17, 15) is 9.59 Å². The average Bonchev–Trinajstić information content (AvgIpc) is 3.46. The number of nitrogens with zero attached hydrogens (tertiary/aromatic N) is 2. The molecule has 0 fully saturated rings. The molecule has 0 aliphatic carbocycles. The molecule has 170 valence electrons. The van der Waals surface area contributed by atoms with Crippen LogP contribution in [0.2, 0.25) is 0 Å². The van der Waals surface area contributed by atoms with Gasteiger partial charge >= 0.3 is 5.97 Å². The molecule has 0 bridgehead atoms. The number of hydrogen-bond donors (Lipinski definition) is 1. The Morgan fingerprint density at radius 2 is 1.85 bits per heavy atom. The second kappa shape index (κ2) is 9.70. The molecule has 0 radical (unpaired) electrons.